The van der Waals surface area contributed by atoms with E-state index in [1.807, 2.05) is 38.1 Å². The molecular formula is C43H52O6. The molecule has 2 atom stereocenters. The van der Waals surface area contributed by atoms with Gasteiger partial charge in [0.05, 0.1) is 6.10 Å². The molecule has 6 heteroatoms. The molecule has 0 N–H and O–H groups in total. The van der Waals surface area contributed by atoms with E-state index >= 15 is 0 Å². The molecule has 0 saturated heterocycles. The van der Waals surface area contributed by atoms with Gasteiger partial charge in [0.15, 0.2) is 0 Å². The Hall–Kier alpha value is -4.58. The first kappa shape index (κ1) is 37.2. The largest absolute Gasteiger partial charge is 0.490 e. The maximum absolute atomic E-state index is 11.4. The van der Waals surface area contributed by atoms with E-state index in [1.54, 1.807) is 0 Å². The fourth-order valence-corrected chi connectivity index (χ4v) is 6.39. The summed E-state index contributed by atoms with van der Waals surface area (Å²) >= 11 is 0. The van der Waals surface area contributed by atoms with Crippen molar-refractivity contribution < 1.29 is 28.5 Å². The van der Waals surface area contributed by atoms with Gasteiger partial charge in [0.25, 0.3) is 0 Å². The molecule has 0 fully saturated rings. The van der Waals surface area contributed by atoms with Gasteiger partial charge in [0.1, 0.15) is 28.6 Å². The van der Waals surface area contributed by atoms with Gasteiger partial charge in [-0.05, 0) is 117 Å². The van der Waals surface area contributed by atoms with E-state index < -0.39 is 5.60 Å². The highest BCUT2D eigenvalue weighted by atomic mass is 16.5. The summed E-state index contributed by atoms with van der Waals surface area (Å²) in [4.78, 5) is 22.8. The molecular weight excluding hydrogens is 612 g/mol. The van der Waals surface area contributed by atoms with Crippen LogP contribution in [-0.4, -0.2) is 23.6 Å². The van der Waals surface area contributed by atoms with E-state index in [1.165, 1.54) is 25.0 Å². The molecule has 260 valence electrons. The summed E-state index contributed by atoms with van der Waals surface area (Å²) in [5.74, 6) is 2.42. The molecule has 0 bridgehead atoms. The summed E-state index contributed by atoms with van der Waals surface area (Å²) < 4.78 is 23.7. The molecule has 0 spiro atoms. The quantitative estimate of drug-likeness (QED) is 0.111. The third-order valence-electron chi connectivity index (χ3n) is 9.19. The van der Waals surface area contributed by atoms with Crippen LogP contribution in [0.3, 0.4) is 0 Å². The lowest BCUT2D eigenvalue weighted by Crippen LogP contribution is -2.34. The van der Waals surface area contributed by atoms with Crippen LogP contribution >= 0.6 is 0 Å². The van der Waals surface area contributed by atoms with Gasteiger partial charge in [-0.3, -0.25) is 9.59 Å². The van der Waals surface area contributed by atoms with Crippen LogP contribution < -0.4 is 18.9 Å². The number of aryl methyl sites for hydroxylation is 4. The predicted octanol–water partition coefficient (Wildman–Crippen LogP) is 10.3. The molecule has 4 aromatic rings. The molecule has 0 amide bonds. The Morgan fingerprint density at radius 3 is 1.43 bits per heavy atom. The van der Waals surface area contributed by atoms with E-state index in [0.29, 0.717) is 17.9 Å². The minimum Gasteiger partial charge on any atom is -0.490 e. The van der Waals surface area contributed by atoms with Crippen LogP contribution in [0.1, 0.15) is 112 Å². The zero-order valence-electron chi connectivity index (χ0n) is 31.2. The lowest BCUT2D eigenvalue weighted by molar-refractivity contribution is -0.132. The van der Waals surface area contributed by atoms with Crippen molar-refractivity contribution in [2.45, 2.75) is 113 Å². The third kappa shape index (κ3) is 9.32. The molecule has 0 aromatic heterocycles. The maximum Gasteiger partial charge on any atom is 0.308 e. The van der Waals surface area contributed by atoms with Crippen LogP contribution in [0.15, 0.2) is 72.8 Å². The van der Waals surface area contributed by atoms with Crippen molar-refractivity contribution in [3.8, 4) is 23.0 Å². The number of benzene rings is 4. The summed E-state index contributed by atoms with van der Waals surface area (Å²) in [6.45, 7) is 23.8. The Kier molecular flexibility index (Phi) is 11.3. The second-order valence-electron chi connectivity index (χ2n) is 14.5. The molecule has 6 nitrogen and oxygen atoms in total. The van der Waals surface area contributed by atoms with Gasteiger partial charge in [0.2, 0.25) is 0 Å². The van der Waals surface area contributed by atoms with Crippen LogP contribution in [0.25, 0.3) is 0 Å². The molecule has 49 heavy (non-hydrogen) atoms. The van der Waals surface area contributed by atoms with Crippen molar-refractivity contribution in [3.63, 3.8) is 0 Å². The van der Waals surface area contributed by atoms with Crippen LogP contribution in [0, 0.1) is 27.7 Å². The monoisotopic (exact) mass is 664 g/mol. The third-order valence-corrected chi connectivity index (χ3v) is 9.19. The second-order valence-corrected chi connectivity index (χ2v) is 14.5. The zero-order valence-corrected chi connectivity index (χ0v) is 31.2. The number of carbonyl (C=O) groups excluding carboxylic acids is 2. The molecule has 2 unspecified atom stereocenters. The number of rotatable bonds is 12. The first-order valence-corrected chi connectivity index (χ1v) is 17.0. The Labute approximate surface area is 292 Å². The number of carbonyl (C=O) groups is 2. The summed E-state index contributed by atoms with van der Waals surface area (Å²) in [6.07, 6.45) is 0.612. The van der Waals surface area contributed by atoms with Gasteiger partial charge in [-0.2, -0.15) is 0 Å². The number of ether oxygens (including phenoxy) is 4. The average Bonchev–Trinajstić information content (AvgIpc) is 3.00. The lowest BCUT2D eigenvalue weighted by Gasteiger charge is -2.31. The van der Waals surface area contributed by atoms with Gasteiger partial charge in [-0.1, -0.05) is 69.3 Å². The van der Waals surface area contributed by atoms with Gasteiger partial charge >= 0.3 is 11.9 Å². The maximum atomic E-state index is 11.4. The topological polar surface area (TPSA) is 71.1 Å². The fourth-order valence-electron chi connectivity index (χ4n) is 6.39. The van der Waals surface area contributed by atoms with Crippen LogP contribution in [0.5, 0.6) is 23.0 Å². The Morgan fingerprint density at radius 1 is 0.592 bits per heavy atom. The highest BCUT2D eigenvalue weighted by molar-refractivity contribution is 5.70. The van der Waals surface area contributed by atoms with E-state index in [-0.39, 0.29) is 29.4 Å². The van der Waals surface area contributed by atoms with Crippen LogP contribution in [0.4, 0.5) is 0 Å². The molecule has 0 aliphatic heterocycles. The standard InChI is InChI=1S/C43H52O6/c1-26-21-34(13-17-39(26)47-32(7)44)31(6)35-14-18-41(27(2)22-35)49-42(9,10)25-30(5)46-38-19-15-36(23-28(38)3)43(11,12)37-16-20-40(29(4)24-37)48-33(8)45/h13-24,30-31H,25H2,1-12H3. The SMILES string of the molecule is CC(=O)Oc1ccc(C(C)c2ccc(OC(C)(C)CC(C)Oc3ccc(C(C)(C)c4ccc(OC(C)=O)c(C)c4)cc3C)c(C)c2)cc1C. The fraction of sp³-hybridized carbons (Fsp3) is 0.395. The van der Waals surface area contributed by atoms with Crippen molar-refractivity contribution >= 4 is 11.9 Å². The van der Waals surface area contributed by atoms with Gasteiger partial charge in [0, 0.05) is 31.6 Å². The normalized spacial score (nSPS) is 13.0. The van der Waals surface area contributed by atoms with Gasteiger partial charge < -0.3 is 18.9 Å². The number of hydrogen-bond acceptors (Lipinski definition) is 6. The van der Waals surface area contributed by atoms with E-state index in [0.717, 1.165) is 44.9 Å². The first-order valence-electron chi connectivity index (χ1n) is 17.0. The molecule has 0 radical (unpaired) electrons. The van der Waals surface area contributed by atoms with Gasteiger partial charge in [-0.15, -0.1) is 0 Å². The zero-order chi connectivity index (χ0) is 36.3. The van der Waals surface area contributed by atoms with Crippen LogP contribution in [0.2, 0.25) is 0 Å². The summed E-state index contributed by atoms with van der Waals surface area (Å²) in [7, 11) is 0. The predicted molar refractivity (Wildman–Crippen MR) is 196 cm³/mol. The highest BCUT2D eigenvalue weighted by Crippen LogP contribution is 2.37. The van der Waals surface area contributed by atoms with Crippen molar-refractivity contribution in [1.29, 1.82) is 0 Å². The van der Waals surface area contributed by atoms with Crippen molar-refractivity contribution in [2.75, 3.05) is 0 Å². The van der Waals surface area contributed by atoms with Crippen molar-refractivity contribution in [3.05, 3.63) is 117 Å². The molecule has 4 aromatic carbocycles. The second kappa shape index (κ2) is 14.9. The average molecular weight is 665 g/mol. The molecule has 0 aliphatic carbocycles. The van der Waals surface area contributed by atoms with E-state index in [4.69, 9.17) is 18.9 Å². The minimum atomic E-state index is -0.465. The van der Waals surface area contributed by atoms with E-state index in [2.05, 4.69) is 104 Å². The molecule has 0 aliphatic rings. The first-order chi connectivity index (χ1) is 22.9. The molecule has 0 saturated carbocycles. The Bertz CT molecular complexity index is 1830. The summed E-state index contributed by atoms with van der Waals surface area (Å²) in [6, 6.07) is 24.7. The number of esters is 2. The van der Waals surface area contributed by atoms with Crippen molar-refractivity contribution in [2.24, 2.45) is 0 Å². The minimum absolute atomic E-state index is 0.0816. The lowest BCUT2D eigenvalue weighted by atomic mass is 9.77. The highest BCUT2D eigenvalue weighted by Gasteiger charge is 2.27. The molecule has 0 heterocycles. The van der Waals surface area contributed by atoms with Gasteiger partial charge in [-0.25, -0.2) is 0 Å². The summed E-state index contributed by atoms with van der Waals surface area (Å²) in [5.41, 5.74) is 7.95. The smallest absolute Gasteiger partial charge is 0.308 e. The Morgan fingerprint density at radius 2 is 1.00 bits per heavy atom. The molecule has 4 rings (SSSR count). The summed E-state index contributed by atoms with van der Waals surface area (Å²) in [5, 5.41) is 0. The van der Waals surface area contributed by atoms with Crippen LogP contribution in [-0.2, 0) is 15.0 Å². The van der Waals surface area contributed by atoms with E-state index in [9.17, 15) is 9.59 Å². The Balaban J connectivity index is 1.40. The number of hydrogen-bond donors (Lipinski definition) is 0. The van der Waals surface area contributed by atoms with Crippen molar-refractivity contribution in [1.82, 2.24) is 0 Å².